The lowest BCUT2D eigenvalue weighted by Gasteiger charge is -2.05. The molecule has 5 nitrogen and oxygen atoms in total. The van der Waals surface area contributed by atoms with Crippen molar-refractivity contribution < 1.29 is 22.3 Å². The number of aryl methyl sites for hydroxylation is 1. The molecule has 0 N–H and O–H groups in total. The Labute approximate surface area is 159 Å². The van der Waals surface area contributed by atoms with Gasteiger partial charge in [-0.2, -0.15) is 4.57 Å². The molecule has 0 fully saturated rings. The number of hydrogen-bond donors (Lipinski definition) is 0. The molecule has 27 heavy (non-hydrogen) atoms. The van der Waals surface area contributed by atoms with Crippen LogP contribution in [0.15, 0.2) is 84.0 Å². The average molecular weight is 383 g/mol. The van der Waals surface area contributed by atoms with Crippen LogP contribution in [0.4, 0.5) is 0 Å². The summed E-state index contributed by atoms with van der Waals surface area (Å²) in [6.07, 6.45) is 8.07. The van der Waals surface area contributed by atoms with Crippen LogP contribution in [-0.4, -0.2) is 20.1 Å². The van der Waals surface area contributed by atoms with E-state index >= 15 is 0 Å². The summed E-state index contributed by atoms with van der Waals surface area (Å²) in [7, 11) is -2.60. The van der Waals surface area contributed by atoms with Crippen LogP contribution >= 0.6 is 0 Å². The van der Waals surface area contributed by atoms with E-state index in [1.807, 2.05) is 72.5 Å². The molecule has 0 saturated heterocycles. The molecule has 0 atom stereocenters. The Balaban J connectivity index is 0.000000208. The van der Waals surface area contributed by atoms with Gasteiger partial charge in [-0.05, 0) is 36.8 Å². The zero-order chi connectivity index (χ0) is 19.7. The van der Waals surface area contributed by atoms with Crippen LogP contribution in [0.25, 0.3) is 12.3 Å². The lowest BCUT2D eigenvalue weighted by molar-refractivity contribution is -0.567. The van der Waals surface area contributed by atoms with Gasteiger partial charge in [0.1, 0.15) is 15.9 Å². The summed E-state index contributed by atoms with van der Waals surface area (Å²) in [6, 6.07) is 19.7. The Morgan fingerprint density at radius 1 is 0.926 bits per heavy atom. The highest BCUT2D eigenvalue weighted by Crippen LogP contribution is 2.12. The molecule has 0 aliphatic carbocycles. The SMILES string of the molecule is COc1ccc(C=C[n+]2ccccc2)cc1.Cc1ccc(S(=O)(=O)[O-])cc1. The summed E-state index contributed by atoms with van der Waals surface area (Å²) in [6.45, 7) is 1.82. The Hall–Kier alpha value is -2.96. The standard InChI is InChI=1S/C14H14NO.C7H8O3S/c1-16-14-7-5-13(6-8-14)9-12-15-10-3-2-4-11-15;1-6-2-4-7(5-3-6)11(8,9)10/h2-12H,1H3;2-5H,1H3,(H,8,9,10)/q+1;/p-1. The Kier molecular flexibility index (Phi) is 7.28. The molecule has 0 saturated carbocycles. The first-order chi connectivity index (χ1) is 12.9. The number of pyridine rings is 1. The van der Waals surface area contributed by atoms with Crippen LogP contribution in [-0.2, 0) is 10.1 Å². The predicted molar refractivity (Wildman–Crippen MR) is 104 cm³/mol. The molecule has 2 aromatic carbocycles. The highest BCUT2D eigenvalue weighted by Gasteiger charge is 1.98. The molecule has 0 unspecified atom stereocenters. The van der Waals surface area contributed by atoms with E-state index in [-0.39, 0.29) is 4.90 Å². The van der Waals surface area contributed by atoms with Gasteiger partial charge < -0.3 is 9.29 Å². The highest BCUT2D eigenvalue weighted by molar-refractivity contribution is 7.85. The lowest BCUT2D eigenvalue weighted by Crippen LogP contribution is -2.23. The van der Waals surface area contributed by atoms with Gasteiger partial charge in [0.15, 0.2) is 18.6 Å². The number of methoxy groups -OCH3 is 1. The minimum atomic E-state index is -4.27. The summed E-state index contributed by atoms with van der Waals surface area (Å²) in [4.78, 5) is -0.178. The fourth-order valence-corrected chi connectivity index (χ4v) is 2.57. The van der Waals surface area contributed by atoms with Crippen molar-refractivity contribution in [3.05, 3.63) is 90.3 Å². The molecule has 6 heteroatoms. The molecule has 0 aliphatic rings. The Bertz CT molecular complexity index is 965. The van der Waals surface area contributed by atoms with E-state index in [0.717, 1.165) is 16.9 Å². The minimum absolute atomic E-state index is 0.178. The molecule has 0 aliphatic heterocycles. The van der Waals surface area contributed by atoms with Crippen LogP contribution in [0.2, 0.25) is 0 Å². The smallest absolute Gasteiger partial charge is 0.175 e. The molecule has 1 aromatic heterocycles. The van der Waals surface area contributed by atoms with Gasteiger partial charge in [-0.25, -0.2) is 8.42 Å². The van der Waals surface area contributed by atoms with Gasteiger partial charge in [-0.1, -0.05) is 35.9 Å². The number of aromatic nitrogens is 1. The fraction of sp³-hybridized carbons (Fsp3) is 0.0952. The number of nitrogens with zero attached hydrogens (tertiary/aromatic N) is 1. The molecule has 0 bridgehead atoms. The minimum Gasteiger partial charge on any atom is -0.744 e. The number of ether oxygens (including phenoxy) is 1. The zero-order valence-electron chi connectivity index (χ0n) is 15.1. The summed E-state index contributed by atoms with van der Waals surface area (Å²) in [5.74, 6) is 0.879. The van der Waals surface area contributed by atoms with E-state index in [1.165, 1.54) is 12.1 Å². The molecule has 0 spiro atoms. The molecular weight excluding hydrogens is 362 g/mol. The summed E-state index contributed by atoms with van der Waals surface area (Å²) >= 11 is 0. The second-order valence-electron chi connectivity index (χ2n) is 5.68. The van der Waals surface area contributed by atoms with Gasteiger partial charge in [0.25, 0.3) is 0 Å². The Morgan fingerprint density at radius 3 is 2.04 bits per heavy atom. The third-order valence-corrected chi connectivity index (χ3v) is 4.45. The van der Waals surface area contributed by atoms with Crippen molar-refractivity contribution in [3.8, 4) is 5.75 Å². The average Bonchev–Trinajstić information content (AvgIpc) is 2.68. The first-order valence-electron chi connectivity index (χ1n) is 8.19. The third kappa shape index (κ3) is 7.05. The van der Waals surface area contributed by atoms with E-state index < -0.39 is 10.1 Å². The largest absolute Gasteiger partial charge is 0.744 e. The highest BCUT2D eigenvalue weighted by atomic mass is 32.2. The van der Waals surface area contributed by atoms with E-state index in [0.29, 0.717) is 0 Å². The van der Waals surface area contributed by atoms with E-state index in [1.54, 1.807) is 19.2 Å². The van der Waals surface area contributed by atoms with Crippen molar-refractivity contribution in [2.75, 3.05) is 7.11 Å². The third-order valence-electron chi connectivity index (χ3n) is 3.60. The van der Waals surface area contributed by atoms with E-state index in [2.05, 4.69) is 6.08 Å². The van der Waals surface area contributed by atoms with Crippen molar-refractivity contribution in [1.82, 2.24) is 0 Å². The topological polar surface area (TPSA) is 70.3 Å². The maximum Gasteiger partial charge on any atom is 0.175 e. The van der Waals surface area contributed by atoms with Crippen molar-refractivity contribution in [2.45, 2.75) is 11.8 Å². The Morgan fingerprint density at radius 2 is 1.52 bits per heavy atom. The van der Waals surface area contributed by atoms with E-state index in [9.17, 15) is 13.0 Å². The predicted octanol–water partition coefficient (Wildman–Crippen LogP) is 3.51. The maximum absolute atomic E-state index is 10.4. The van der Waals surface area contributed by atoms with E-state index in [4.69, 9.17) is 4.74 Å². The van der Waals surface area contributed by atoms with Gasteiger partial charge in [-0.15, -0.1) is 0 Å². The molecule has 0 amide bonds. The van der Waals surface area contributed by atoms with Crippen LogP contribution in [0.1, 0.15) is 11.1 Å². The van der Waals surface area contributed by atoms with Crippen LogP contribution in [0.5, 0.6) is 5.75 Å². The maximum atomic E-state index is 10.4. The van der Waals surface area contributed by atoms with Crippen LogP contribution in [0.3, 0.4) is 0 Å². The van der Waals surface area contributed by atoms with Crippen LogP contribution in [0, 0.1) is 6.92 Å². The molecule has 1 heterocycles. The number of rotatable bonds is 4. The van der Waals surface area contributed by atoms with Crippen molar-refractivity contribution in [2.24, 2.45) is 0 Å². The second kappa shape index (κ2) is 9.66. The van der Waals surface area contributed by atoms with Crippen molar-refractivity contribution in [1.29, 1.82) is 0 Å². The first-order valence-corrected chi connectivity index (χ1v) is 9.60. The van der Waals surface area contributed by atoms with Crippen LogP contribution < -0.4 is 9.30 Å². The van der Waals surface area contributed by atoms with Gasteiger partial charge in [-0.3, -0.25) is 0 Å². The lowest BCUT2D eigenvalue weighted by atomic mass is 10.2. The number of benzene rings is 2. The zero-order valence-corrected chi connectivity index (χ0v) is 16.0. The van der Waals surface area contributed by atoms with Gasteiger partial charge in [0, 0.05) is 18.2 Å². The second-order valence-corrected chi connectivity index (χ2v) is 7.06. The fourth-order valence-electron chi connectivity index (χ4n) is 2.10. The normalized spacial score (nSPS) is 10.9. The number of hydrogen-bond acceptors (Lipinski definition) is 4. The quantitative estimate of drug-likeness (QED) is 0.511. The van der Waals surface area contributed by atoms with Gasteiger partial charge >= 0.3 is 0 Å². The van der Waals surface area contributed by atoms with Gasteiger partial charge in [0.2, 0.25) is 0 Å². The molecule has 140 valence electrons. The van der Waals surface area contributed by atoms with Gasteiger partial charge in [0.05, 0.1) is 12.0 Å². The molecular formula is C21H21NO4S. The summed E-state index contributed by atoms with van der Waals surface area (Å²) < 4.78 is 38.3. The summed E-state index contributed by atoms with van der Waals surface area (Å²) in [5.41, 5.74) is 2.08. The molecule has 0 radical (unpaired) electrons. The van der Waals surface area contributed by atoms with Crippen molar-refractivity contribution >= 4 is 22.4 Å². The summed E-state index contributed by atoms with van der Waals surface area (Å²) in [5, 5.41) is 0. The molecule has 3 aromatic rings. The monoisotopic (exact) mass is 383 g/mol. The van der Waals surface area contributed by atoms with Crippen molar-refractivity contribution in [3.63, 3.8) is 0 Å². The first kappa shape index (κ1) is 20.4. The molecule has 3 rings (SSSR count).